The molecule has 0 bridgehead atoms. The Labute approximate surface area is 131 Å². The standard InChI is InChI=1S/C17H25FN2O2/c1-13(14-4-3-7-19-12-14)10-17(21)20-8-9-22-16-6-2-5-15(18)11-16/h2,5-6,11,13-14,19H,3-4,7-10,12H2,1H3,(H,20,21). The van der Waals surface area contributed by atoms with Gasteiger partial charge in [-0.25, -0.2) is 4.39 Å². The third-order valence-electron chi connectivity index (χ3n) is 4.14. The lowest BCUT2D eigenvalue weighted by molar-refractivity contribution is -0.122. The summed E-state index contributed by atoms with van der Waals surface area (Å²) >= 11 is 0. The van der Waals surface area contributed by atoms with Crippen LogP contribution in [0.3, 0.4) is 0 Å². The Morgan fingerprint density at radius 1 is 1.55 bits per heavy atom. The topological polar surface area (TPSA) is 50.4 Å². The van der Waals surface area contributed by atoms with E-state index in [4.69, 9.17) is 4.74 Å². The summed E-state index contributed by atoms with van der Waals surface area (Å²) < 4.78 is 18.4. The van der Waals surface area contributed by atoms with Gasteiger partial charge in [-0.05, 0) is 49.9 Å². The molecule has 0 spiro atoms. The highest BCUT2D eigenvalue weighted by Gasteiger charge is 2.21. The summed E-state index contributed by atoms with van der Waals surface area (Å²) in [6.45, 7) is 5.02. The van der Waals surface area contributed by atoms with E-state index in [2.05, 4.69) is 17.6 Å². The van der Waals surface area contributed by atoms with Crippen molar-refractivity contribution in [1.82, 2.24) is 10.6 Å². The second-order valence-corrected chi connectivity index (χ2v) is 5.94. The van der Waals surface area contributed by atoms with Crippen molar-refractivity contribution in [2.75, 3.05) is 26.2 Å². The van der Waals surface area contributed by atoms with Crippen LogP contribution in [0.1, 0.15) is 26.2 Å². The molecule has 2 unspecified atom stereocenters. The van der Waals surface area contributed by atoms with E-state index in [-0.39, 0.29) is 11.7 Å². The lowest BCUT2D eigenvalue weighted by atomic mass is 9.85. The average molecular weight is 308 g/mol. The lowest BCUT2D eigenvalue weighted by Gasteiger charge is -2.28. The van der Waals surface area contributed by atoms with Gasteiger partial charge in [0.1, 0.15) is 18.2 Å². The van der Waals surface area contributed by atoms with E-state index in [9.17, 15) is 9.18 Å². The second-order valence-electron chi connectivity index (χ2n) is 5.94. The fourth-order valence-electron chi connectivity index (χ4n) is 2.81. The molecule has 1 aliphatic rings. The van der Waals surface area contributed by atoms with Crippen molar-refractivity contribution in [3.05, 3.63) is 30.1 Å². The van der Waals surface area contributed by atoms with Gasteiger partial charge in [0, 0.05) is 12.5 Å². The van der Waals surface area contributed by atoms with Crippen molar-refractivity contribution in [1.29, 1.82) is 0 Å². The van der Waals surface area contributed by atoms with Gasteiger partial charge in [-0.3, -0.25) is 4.79 Å². The average Bonchev–Trinajstić information content (AvgIpc) is 2.52. The first-order chi connectivity index (χ1) is 10.6. The van der Waals surface area contributed by atoms with Crippen LogP contribution in [0.4, 0.5) is 4.39 Å². The third kappa shape index (κ3) is 5.64. The Hall–Kier alpha value is -1.62. The van der Waals surface area contributed by atoms with Gasteiger partial charge in [-0.1, -0.05) is 13.0 Å². The van der Waals surface area contributed by atoms with Crippen LogP contribution in [0, 0.1) is 17.7 Å². The number of piperidine rings is 1. The van der Waals surface area contributed by atoms with E-state index in [1.807, 2.05) is 0 Å². The minimum Gasteiger partial charge on any atom is -0.492 e. The number of carbonyl (C=O) groups excluding carboxylic acids is 1. The summed E-state index contributed by atoms with van der Waals surface area (Å²) in [5.41, 5.74) is 0. The number of hydrogen-bond acceptors (Lipinski definition) is 3. The number of rotatable bonds is 7. The normalized spacial score (nSPS) is 19.5. The van der Waals surface area contributed by atoms with E-state index in [1.54, 1.807) is 12.1 Å². The Morgan fingerprint density at radius 3 is 3.14 bits per heavy atom. The number of nitrogens with one attached hydrogen (secondary N) is 2. The molecule has 2 rings (SSSR count). The van der Waals surface area contributed by atoms with Crippen LogP contribution in [-0.4, -0.2) is 32.1 Å². The van der Waals surface area contributed by atoms with Crippen molar-refractivity contribution >= 4 is 5.91 Å². The molecule has 2 atom stereocenters. The fraction of sp³-hybridized carbons (Fsp3) is 0.588. The van der Waals surface area contributed by atoms with Gasteiger partial charge >= 0.3 is 0 Å². The fourth-order valence-corrected chi connectivity index (χ4v) is 2.81. The van der Waals surface area contributed by atoms with E-state index < -0.39 is 0 Å². The molecule has 0 aromatic heterocycles. The van der Waals surface area contributed by atoms with Crippen molar-refractivity contribution in [2.24, 2.45) is 11.8 Å². The van der Waals surface area contributed by atoms with Gasteiger partial charge in [-0.15, -0.1) is 0 Å². The number of hydrogen-bond donors (Lipinski definition) is 2. The summed E-state index contributed by atoms with van der Waals surface area (Å²) in [7, 11) is 0. The van der Waals surface area contributed by atoms with E-state index >= 15 is 0 Å². The zero-order valence-electron chi connectivity index (χ0n) is 13.1. The molecule has 1 saturated heterocycles. The van der Waals surface area contributed by atoms with Crippen LogP contribution in [0.25, 0.3) is 0 Å². The van der Waals surface area contributed by atoms with Crippen molar-refractivity contribution in [3.8, 4) is 5.75 Å². The summed E-state index contributed by atoms with van der Waals surface area (Å²) in [5.74, 6) is 1.19. The number of carbonyl (C=O) groups is 1. The van der Waals surface area contributed by atoms with Crippen LogP contribution >= 0.6 is 0 Å². The number of benzene rings is 1. The highest BCUT2D eigenvalue weighted by molar-refractivity contribution is 5.76. The minimum atomic E-state index is -0.323. The Balaban J connectivity index is 1.61. The monoisotopic (exact) mass is 308 g/mol. The zero-order valence-corrected chi connectivity index (χ0v) is 13.1. The SMILES string of the molecule is CC(CC(=O)NCCOc1cccc(F)c1)C1CCCNC1. The molecule has 1 amide bonds. The summed E-state index contributed by atoms with van der Waals surface area (Å²) in [6, 6.07) is 6.00. The van der Waals surface area contributed by atoms with Crippen LogP contribution in [0.5, 0.6) is 5.75 Å². The lowest BCUT2D eigenvalue weighted by Crippen LogP contribution is -2.36. The van der Waals surface area contributed by atoms with Gasteiger partial charge in [0.2, 0.25) is 5.91 Å². The zero-order chi connectivity index (χ0) is 15.8. The number of ether oxygens (including phenoxy) is 1. The van der Waals surface area contributed by atoms with Crippen LogP contribution in [0.15, 0.2) is 24.3 Å². The molecule has 4 nitrogen and oxygen atoms in total. The predicted molar refractivity (Wildman–Crippen MR) is 84.3 cm³/mol. The first kappa shape index (κ1) is 16.7. The van der Waals surface area contributed by atoms with Gasteiger partial charge in [0.05, 0.1) is 6.54 Å². The molecule has 0 aliphatic carbocycles. The number of halogens is 1. The minimum absolute atomic E-state index is 0.0564. The first-order valence-corrected chi connectivity index (χ1v) is 8.01. The van der Waals surface area contributed by atoms with Gasteiger partial charge < -0.3 is 15.4 Å². The van der Waals surface area contributed by atoms with Crippen molar-refractivity contribution < 1.29 is 13.9 Å². The van der Waals surface area contributed by atoms with Gasteiger partial charge in [0.15, 0.2) is 0 Å². The molecule has 2 N–H and O–H groups in total. The Morgan fingerprint density at radius 2 is 2.41 bits per heavy atom. The first-order valence-electron chi connectivity index (χ1n) is 8.01. The molecule has 1 aromatic rings. The molecular weight excluding hydrogens is 283 g/mol. The molecule has 0 radical (unpaired) electrons. The van der Waals surface area contributed by atoms with Crippen LogP contribution in [0.2, 0.25) is 0 Å². The van der Waals surface area contributed by atoms with E-state index in [1.165, 1.54) is 25.0 Å². The molecule has 1 aliphatic heterocycles. The molecular formula is C17H25FN2O2. The third-order valence-corrected chi connectivity index (χ3v) is 4.14. The number of amides is 1. The van der Waals surface area contributed by atoms with Crippen molar-refractivity contribution in [2.45, 2.75) is 26.2 Å². The van der Waals surface area contributed by atoms with Crippen LogP contribution in [-0.2, 0) is 4.79 Å². The summed E-state index contributed by atoms with van der Waals surface area (Å²) in [6.07, 6.45) is 2.94. The van der Waals surface area contributed by atoms with Gasteiger partial charge in [0.25, 0.3) is 0 Å². The predicted octanol–water partition coefficient (Wildman–Crippen LogP) is 2.35. The smallest absolute Gasteiger partial charge is 0.220 e. The largest absolute Gasteiger partial charge is 0.492 e. The summed E-state index contributed by atoms with van der Waals surface area (Å²) in [4.78, 5) is 11.9. The molecule has 5 heteroatoms. The second kappa shape index (κ2) is 8.73. The maximum Gasteiger partial charge on any atom is 0.220 e. The molecule has 122 valence electrons. The van der Waals surface area contributed by atoms with Gasteiger partial charge in [-0.2, -0.15) is 0 Å². The highest BCUT2D eigenvalue weighted by atomic mass is 19.1. The van der Waals surface area contributed by atoms with Crippen molar-refractivity contribution in [3.63, 3.8) is 0 Å². The Kier molecular flexibility index (Phi) is 6.65. The van der Waals surface area contributed by atoms with E-state index in [0.29, 0.717) is 37.2 Å². The molecule has 0 saturated carbocycles. The Bertz CT molecular complexity index is 475. The summed E-state index contributed by atoms with van der Waals surface area (Å²) in [5, 5.41) is 6.24. The van der Waals surface area contributed by atoms with Crippen LogP contribution < -0.4 is 15.4 Å². The molecule has 1 heterocycles. The highest BCUT2D eigenvalue weighted by Crippen LogP contribution is 2.22. The van der Waals surface area contributed by atoms with E-state index in [0.717, 1.165) is 13.1 Å². The molecule has 1 fully saturated rings. The maximum absolute atomic E-state index is 13.0. The maximum atomic E-state index is 13.0. The quantitative estimate of drug-likeness (QED) is 0.760. The molecule has 1 aromatic carbocycles. The molecule has 22 heavy (non-hydrogen) atoms.